The largest absolute Gasteiger partial charge is 0.472 e. The van der Waals surface area contributed by atoms with Crippen LogP contribution in [-0.2, 0) is 19.1 Å². The van der Waals surface area contributed by atoms with Gasteiger partial charge in [-0.2, -0.15) is 5.26 Å². The van der Waals surface area contributed by atoms with E-state index in [0.717, 1.165) is 0 Å². The van der Waals surface area contributed by atoms with Crippen LogP contribution in [0.1, 0.15) is 40.0 Å². The molecule has 236 valence electrons. The number of carbonyl (C=O) groups excluding carboxylic acids is 4. The lowest BCUT2D eigenvalue weighted by Gasteiger charge is -2.38. The minimum absolute atomic E-state index is 0.00296. The number of alkyl halides is 2. The third kappa shape index (κ3) is 4.80. The molecule has 12 nitrogen and oxygen atoms in total. The highest BCUT2D eigenvalue weighted by atomic mass is 19.1. The Hall–Kier alpha value is -4.02. The van der Waals surface area contributed by atoms with Crippen LogP contribution in [-0.4, -0.2) is 94.9 Å². The third-order valence-electron chi connectivity index (χ3n) is 9.97. The van der Waals surface area contributed by atoms with E-state index in [9.17, 15) is 28.8 Å². The lowest BCUT2D eigenvalue weighted by atomic mass is 9.77. The van der Waals surface area contributed by atoms with Crippen molar-refractivity contribution in [3.05, 3.63) is 18.3 Å². The minimum Gasteiger partial charge on any atom is -0.472 e. The Balaban J connectivity index is 1.32. The van der Waals surface area contributed by atoms with Gasteiger partial charge in [0.2, 0.25) is 17.4 Å². The average molecular weight is 615 g/mol. The number of nitriles is 1. The number of halogens is 2. The Labute approximate surface area is 253 Å². The van der Waals surface area contributed by atoms with Crippen molar-refractivity contribution in [2.24, 2.45) is 29.1 Å². The number of carbonyl (C=O) groups is 4. The topological polar surface area (TPSA) is 154 Å². The summed E-state index contributed by atoms with van der Waals surface area (Å²) in [6.45, 7) is 3.79. The van der Waals surface area contributed by atoms with Gasteiger partial charge in [-0.05, 0) is 54.1 Å². The Morgan fingerprint density at radius 2 is 2.07 bits per heavy atom. The van der Waals surface area contributed by atoms with Crippen molar-refractivity contribution in [2.75, 3.05) is 31.7 Å². The molecule has 2 bridgehead atoms. The molecule has 4 fully saturated rings. The summed E-state index contributed by atoms with van der Waals surface area (Å²) in [6, 6.07) is 2.09. The van der Waals surface area contributed by atoms with E-state index in [4.69, 9.17) is 9.47 Å². The fourth-order valence-electron chi connectivity index (χ4n) is 8.03. The summed E-state index contributed by atoms with van der Waals surface area (Å²) in [5, 5.41) is 15.4. The molecule has 0 radical (unpaired) electrons. The monoisotopic (exact) mass is 614 g/mol. The SMILES string of the molecule is CC(C)(C)C(NC(=O)OCCF)C(=O)N1CC2C3CC(F)C(C3)C2C1C(=O)N1CC2(CC1C#N)Oc1cccnc1NC2=O. The van der Waals surface area contributed by atoms with Gasteiger partial charge in [-0.1, -0.05) is 20.8 Å². The van der Waals surface area contributed by atoms with E-state index < -0.39 is 84.2 Å². The number of nitrogens with one attached hydrogen (secondary N) is 2. The van der Waals surface area contributed by atoms with Gasteiger partial charge in [0.05, 0.1) is 12.6 Å². The number of rotatable bonds is 5. The maximum Gasteiger partial charge on any atom is 0.407 e. The summed E-state index contributed by atoms with van der Waals surface area (Å²) >= 11 is 0. The van der Waals surface area contributed by atoms with Crippen molar-refractivity contribution in [1.82, 2.24) is 20.1 Å². The van der Waals surface area contributed by atoms with Crippen LogP contribution in [0.15, 0.2) is 18.3 Å². The van der Waals surface area contributed by atoms with Gasteiger partial charge in [0.25, 0.3) is 5.91 Å². The molecule has 2 aliphatic carbocycles. The van der Waals surface area contributed by atoms with Crippen molar-refractivity contribution in [3.8, 4) is 11.8 Å². The highest BCUT2D eigenvalue weighted by Crippen LogP contribution is 2.59. The fourth-order valence-corrected chi connectivity index (χ4v) is 8.03. The van der Waals surface area contributed by atoms with Crippen LogP contribution in [0, 0.1) is 40.4 Å². The van der Waals surface area contributed by atoms with Gasteiger partial charge in [0, 0.05) is 19.2 Å². The molecule has 4 amide bonds. The summed E-state index contributed by atoms with van der Waals surface area (Å²) in [4.78, 5) is 61.4. The van der Waals surface area contributed by atoms with Gasteiger partial charge in [0.1, 0.15) is 37.6 Å². The summed E-state index contributed by atoms with van der Waals surface area (Å²) in [5.41, 5.74) is -2.38. The molecule has 1 aromatic rings. The predicted octanol–water partition coefficient (Wildman–Crippen LogP) is 2.21. The second kappa shape index (κ2) is 10.9. The summed E-state index contributed by atoms with van der Waals surface area (Å²) < 4.78 is 38.8. The smallest absolute Gasteiger partial charge is 0.407 e. The van der Waals surface area contributed by atoms with Crippen molar-refractivity contribution in [3.63, 3.8) is 0 Å². The first-order valence-corrected chi connectivity index (χ1v) is 15.0. The van der Waals surface area contributed by atoms with Gasteiger partial charge in [-0.25, -0.2) is 18.6 Å². The number of ether oxygens (including phenoxy) is 2. The zero-order valence-electron chi connectivity index (χ0n) is 24.8. The fraction of sp³-hybridized carbons (Fsp3) is 0.667. The Morgan fingerprint density at radius 3 is 2.77 bits per heavy atom. The van der Waals surface area contributed by atoms with Gasteiger partial charge in [0.15, 0.2) is 11.6 Å². The Bertz CT molecular complexity index is 1410. The zero-order valence-corrected chi connectivity index (χ0v) is 24.8. The van der Waals surface area contributed by atoms with Crippen molar-refractivity contribution >= 4 is 29.6 Å². The summed E-state index contributed by atoms with van der Waals surface area (Å²) in [5.74, 6) is -2.16. The molecule has 5 aliphatic rings. The number of hydrogen-bond acceptors (Lipinski definition) is 8. The van der Waals surface area contributed by atoms with Crippen LogP contribution in [0.5, 0.6) is 5.75 Å². The summed E-state index contributed by atoms with van der Waals surface area (Å²) in [6.07, 6.45) is 0.281. The van der Waals surface area contributed by atoms with Crippen LogP contribution in [0.4, 0.5) is 19.4 Å². The van der Waals surface area contributed by atoms with E-state index in [0.29, 0.717) is 18.6 Å². The second-order valence-electron chi connectivity index (χ2n) is 13.6. The molecule has 2 saturated carbocycles. The second-order valence-corrected chi connectivity index (χ2v) is 13.6. The quantitative estimate of drug-likeness (QED) is 0.512. The zero-order chi connectivity index (χ0) is 31.6. The molecule has 4 heterocycles. The molecule has 3 aliphatic heterocycles. The number of anilines is 1. The van der Waals surface area contributed by atoms with E-state index in [1.807, 2.05) is 0 Å². The number of amides is 4. The normalized spacial score (nSPS) is 34.1. The Morgan fingerprint density at radius 1 is 1.30 bits per heavy atom. The predicted molar refractivity (Wildman–Crippen MR) is 149 cm³/mol. The number of fused-ring (bicyclic) bond motifs is 6. The maximum absolute atomic E-state index is 15.2. The molecule has 1 aromatic heterocycles. The molecular weight excluding hydrogens is 578 g/mol. The maximum atomic E-state index is 15.2. The third-order valence-corrected chi connectivity index (χ3v) is 9.97. The number of likely N-dealkylation sites (tertiary alicyclic amines) is 2. The van der Waals surface area contributed by atoms with Crippen LogP contribution < -0.4 is 15.4 Å². The van der Waals surface area contributed by atoms with Gasteiger partial charge in [-0.3, -0.25) is 14.4 Å². The van der Waals surface area contributed by atoms with E-state index in [2.05, 4.69) is 21.7 Å². The summed E-state index contributed by atoms with van der Waals surface area (Å²) in [7, 11) is 0. The Kier molecular flexibility index (Phi) is 7.41. The first-order chi connectivity index (χ1) is 20.9. The molecule has 2 N–H and O–H groups in total. The number of aromatic nitrogens is 1. The number of nitrogens with zero attached hydrogens (tertiary/aromatic N) is 4. The van der Waals surface area contributed by atoms with Crippen molar-refractivity contribution < 1.29 is 37.4 Å². The molecular formula is C30H36F2N6O6. The standard InChI is InChI=1S/C30H36F2N6O6/c1-29(2,3)23(35-28(42)43-8-6-31)26(40)37-13-18-15-9-17(19(32)10-15)21(18)22(37)25(39)38-14-30(11-16(38)12-33)27(41)36-24-20(44-30)5-4-7-34-24/h4-5,7,15-19,21-23H,6,8-11,13-14H2,1-3H3,(H,35,42)(H,34,36,41). The van der Waals surface area contributed by atoms with Crippen LogP contribution in [0.2, 0.25) is 0 Å². The van der Waals surface area contributed by atoms with Gasteiger partial charge < -0.3 is 29.9 Å². The number of alkyl carbamates (subject to hydrolysis) is 1. The lowest BCUT2D eigenvalue weighted by Crippen LogP contribution is -2.60. The first-order valence-electron chi connectivity index (χ1n) is 15.0. The highest BCUT2D eigenvalue weighted by Gasteiger charge is 2.65. The number of hydrogen-bond donors (Lipinski definition) is 2. The lowest BCUT2D eigenvalue weighted by molar-refractivity contribution is -0.149. The van der Waals surface area contributed by atoms with Gasteiger partial charge >= 0.3 is 6.09 Å². The van der Waals surface area contributed by atoms with Crippen molar-refractivity contribution in [1.29, 1.82) is 5.26 Å². The van der Waals surface area contributed by atoms with Crippen LogP contribution >= 0.6 is 0 Å². The minimum atomic E-state index is -1.55. The molecule has 14 heteroatoms. The van der Waals surface area contributed by atoms with E-state index in [-0.39, 0.29) is 37.2 Å². The van der Waals surface area contributed by atoms with E-state index >= 15 is 4.39 Å². The van der Waals surface area contributed by atoms with Crippen LogP contribution in [0.25, 0.3) is 0 Å². The highest BCUT2D eigenvalue weighted by molar-refractivity contribution is 6.01. The van der Waals surface area contributed by atoms with Gasteiger partial charge in [-0.15, -0.1) is 0 Å². The number of pyridine rings is 1. The molecule has 0 aromatic carbocycles. The van der Waals surface area contributed by atoms with E-state index in [1.165, 1.54) is 16.0 Å². The van der Waals surface area contributed by atoms with E-state index in [1.54, 1.807) is 32.9 Å². The molecule has 2 saturated heterocycles. The molecule has 9 atom stereocenters. The molecule has 44 heavy (non-hydrogen) atoms. The van der Waals surface area contributed by atoms with Crippen molar-refractivity contribution in [2.45, 2.75) is 69.9 Å². The van der Waals surface area contributed by atoms with Crippen LogP contribution in [0.3, 0.4) is 0 Å². The first kappa shape index (κ1) is 30.0. The average Bonchev–Trinajstić information content (AvgIpc) is 3.73. The molecule has 6 rings (SSSR count). The molecule has 9 unspecified atom stereocenters. The molecule has 1 spiro atoms.